The lowest BCUT2D eigenvalue weighted by Crippen LogP contribution is -2.40. The van der Waals surface area contributed by atoms with E-state index in [4.69, 9.17) is 0 Å². The third-order valence-corrected chi connectivity index (χ3v) is 4.76. The topological polar surface area (TPSA) is 45.2 Å². The first-order valence-corrected chi connectivity index (χ1v) is 8.35. The molecule has 0 spiro atoms. The molecule has 1 aromatic rings. The molecule has 1 amide bonds. The average Bonchev–Trinajstić information content (AvgIpc) is 2.79. The van der Waals surface area contributed by atoms with Gasteiger partial charge in [0.1, 0.15) is 4.88 Å². The molecule has 1 fully saturated rings. The Bertz CT molecular complexity index is 436. The van der Waals surface area contributed by atoms with Gasteiger partial charge in [0.05, 0.1) is 11.2 Å². The van der Waals surface area contributed by atoms with Crippen molar-refractivity contribution >= 4 is 17.2 Å². The first kappa shape index (κ1) is 15.4. The third kappa shape index (κ3) is 4.28. The predicted octanol–water partition coefficient (Wildman–Crippen LogP) is 2.55. The molecular formula is C15H25N3OS. The van der Waals surface area contributed by atoms with Crippen molar-refractivity contribution in [2.45, 2.75) is 33.6 Å². The number of nitrogens with zero attached hydrogens (tertiary/aromatic N) is 2. The minimum Gasteiger partial charge on any atom is -0.351 e. The van der Waals surface area contributed by atoms with Gasteiger partial charge in [-0.1, -0.05) is 13.8 Å². The summed E-state index contributed by atoms with van der Waals surface area (Å²) < 4.78 is 0. The fourth-order valence-corrected chi connectivity index (χ4v) is 3.80. The molecule has 2 heterocycles. The van der Waals surface area contributed by atoms with E-state index in [1.807, 2.05) is 6.92 Å². The monoisotopic (exact) mass is 295 g/mol. The van der Waals surface area contributed by atoms with Crippen LogP contribution >= 0.6 is 11.3 Å². The third-order valence-electron chi connectivity index (χ3n) is 3.83. The Labute approximate surface area is 125 Å². The summed E-state index contributed by atoms with van der Waals surface area (Å²) in [5.74, 6) is 1.62. The lowest BCUT2D eigenvalue weighted by atomic mass is 9.92. The molecule has 5 heteroatoms. The number of rotatable bonds is 5. The zero-order chi connectivity index (χ0) is 14.5. The molecule has 1 saturated heterocycles. The highest BCUT2D eigenvalue weighted by molar-refractivity contribution is 7.11. The Morgan fingerprint density at radius 1 is 1.45 bits per heavy atom. The molecule has 2 atom stereocenters. The van der Waals surface area contributed by atoms with Gasteiger partial charge < -0.3 is 10.2 Å². The first-order chi connectivity index (χ1) is 9.56. The predicted molar refractivity (Wildman–Crippen MR) is 83.2 cm³/mol. The van der Waals surface area contributed by atoms with Gasteiger partial charge >= 0.3 is 0 Å². The minimum absolute atomic E-state index is 0.0189. The molecule has 0 aliphatic carbocycles. The van der Waals surface area contributed by atoms with E-state index in [2.05, 4.69) is 29.0 Å². The van der Waals surface area contributed by atoms with Crippen LogP contribution in [0.1, 0.15) is 42.1 Å². The van der Waals surface area contributed by atoms with Crippen molar-refractivity contribution in [2.75, 3.05) is 26.2 Å². The molecular weight excluding hydrogens is 270 g/mol. The highest BCUT2D eigenvalue weighted by Crippen LogP contribution is 2.20. The number of carbonyl (C=O) groups excluding carboxylic acids is 1. The minimum atomic E-state index is 0.0189. The van der Waals surface area contributed by atoms with E-state index in [1.165, 1.54) is 30.8 Å². The number of hydrogen-bond donors (Lipinski definition) is 1. The Balaban J connectivity index is 1.66. The number of carbonyl (C=O) groups is 1. The fourth-order valence-electron chi connectivity index (χ4n) is 3.08. The number of piperidine rings is 1. The summed E-state index contributed by atoms with van der Waals surface area (Å²) in [4.78, 5) is 19.3. The average molecular weight is 295 g/mol. The fraction of sp³-hybridized carbons (Fsp3) is 0.733. The van der Waals surface area contributed by atoms with Gasteiger partial charge in [0.15, 0.2) is 0 Å². The second kappa shape index (κ2) is 7.18. The van der Waals surface area contributed by atoms with Gasteiger partial charge in [-0.3, -0.25) is 4.79 Å². The second-order valence-corrected chi connectivity index (χ2v) is 6.94. The maximum Gasteiger partial charge on any atom is 0.263 e. The van der Waals surface area contributed by atoms with Crippen molar-refractivity contribution in [3.05, 3.63) is 16.1 Å². The number of thiazole rings is 1. The quantitative estimate of drug-likeness (QED) is 0.849. The maximum absolute atomic E-state index is 11.9. The molecule has 1 aliphatic heterocycles. The van der Waals surface area contributed by atoms with Gasteiger partial charge in [-0.05, 0) is 38.1 Å². The van der Waals surface area contributed by atoms with Crippen molar-refractivity contribution in [3.8, 4) is 0 Å². The van der Waals surface area contributed by atoms with Crippen LogP contribution in [0.4, 0.5) is 0 Å². The van der Waals surface area contributed by atoms with Gasteiger partial charge in [-0.15, -0.1) is 11.3 Å². The Hall–Kier alpha value is -0.940. The Morgan fingerprint density at radius 3 is 2.75 bits per heavy atom. The van der Waals surface area contributed by atoms with Crippen LogP contribution in [-0.2, 0) is 0 Å². The molecule has 0 aromatic carbocycles. The first-order valence-electron chi connectivity index (χ1n) is 7.47. The van der Waals surface area contributed by atoms with Crippen LogP contribution in [0.3, 0.4) is 0 Å². The van der Waals surface area contributed by atoms with E-state index in [0.29, 0.717) is 0 Å². The van der Waals surface area contributed by atoms with E-state index in [1.54, 1.807) is 5.51 Å². The Morgan fingerprint density at radius 2 is 2.15 bits per heavy atom. The number of hydrogen-bond acceptors (Lipinski definition) is 4. The summed E-state index contributed by atoms with van der Waals surface area (Å²) in [7, 11) is 0. The van der Waals surface area contributed by atoms with Gasteiger partial charge in [-0.2, -0.15) is 0 Å². The van der Waals surface area contributed by atoms with E-state index < -0.39 is 0 Å². The Kier molecular flexibility index (Phi) is 5.54. The number of amides is 1. The number of aromatic nitrogens is 1. The molecule has 0 saturated carbocycles. The van der Waals surface area contributed by atoms with Crippen molar-refractivity contribution in [1.82, 2.24) is 15.2 Å². The molecule has 20 heavy (non-hydrogen) atoms. The molecule has 0 unspecified atom stereocenters. The van der Waals surface area contributed by atoms with Crippen LogP contribution in [-0.4, -0.2) is 42.0 Å². The lowest BCUT2D eigenvalue weighted by Gasteiger charge is -2.34. The van der Waals surface area contributed by atoms with Crippen LogP contribution < -0.4 is 5.32 Å². The van der Waals surface area contributed by atoms with Crippen LogP contribution in [0.5, 0.6) is 0 Å². The summed E-state index contributed by atoms with van der Waals surface area (Å²) in [6, 6.07) is 0. The molecule has 1 aliphatic rings. The number of nitrogens with one attached hydrogen (secondary N) is 1. The number of aryl methyl sites for hydroxylation is 1. The van der Waals surface area contributed by atoms with Crippen molar-refractivity contribution in [3.63, 3.8) is 0 Å². The molecule has 1 aromatic heterocycles. The highest BCUT2D eigenvalue weighted by Gasteiger charge is 2.21. The van der Waals surface area contributed by atoms with E-state index in [-0.39, 0.29) is 5.91 Å². The van der Waals surface area contributed by atoms with Gasteiger partial charge in [0.2, 0.25) is 0 Å². The van der Waals surface area contributed by atoms with Gasteiger partial charge in [0, 0.05) is 19.6 Å². The summed E-state index contributed by atoms with van der Waals surface area (Å²) in [6.45, 7) is 10.8. The maximum atomic E-state index is 11.9. The lowest BCUT2D eigenvalue weighted by molar-refractivity contribution is 0.0950. The van der Waals surface area contributed by atoms with Crippen LogP contribution in [0.15, 0.2) is 5.51 Å². The molecule has 0 radical (unpaired) electrons. The zero-order valence-electron chi connectivity index (χ0n) is 12.7. The molecule has 112 valence electrons. The number of likely N-dealkylation sites (tertiary alicyclic amines) is 1. The van der Waals surface area contributed by atoms with E-state index in [9.17, 15) is 4.79 Å². The summed E-state index contributed by atoms with van der Waals surface area (Å²) in [5.41, 5.74) is 2.55. The SMILES string of the molecule is Cc1ncsc1C(=O)NCCCN1C[C@@H](C)C[C@H](C)C1. The van der Waals surface area contributed by atoms with Crippen LogP contribution in [0.25, 0.3) is 0 Å². The van der Waals surface area contributed by atoms with E-state index in [0.717, 1.165) is 41.9 Å². The summed E-state index contributed by atoms with van der Waals surface area (Å²) >= 11 is 1.41. The van der Waals surface area contributed by atoms with Crippen molar-refractivity contribution < 1.29 is 4.79 Å². The van der Waals surface area contributed by atoms with Crippen molar-refractivity contribution in [2.24, 2.45) is 11.8 Å². The van der Waals surface area contributed by atoms with Gasteiger partial charge in [-0.25, -0.2) is 4.98 Å². The molecule has 0 bridgehead atoms. The second-order valence-electron chi connectivity index (χ2n) is 6.08. The normalized spacial score (nSPS) is 23.8. The standard InChI is InChI=1S/C15H25N3OS/c1-11-7-12(2)9-18(8-11)6-4-5-16-15(19)14-13(3)17-10-20-14/h10-12H,4-9H2,1-3H3,(H,16,19)/t11-,12-/m0/s1. The van der Waals surface area contributed by atoms with Crippen LogP contribution in [0.2, 0.25) is 0 Å². The highest BCUT2D eigenvalue weighted by atomic mass is 32.1. The van der Waals surface area contributed by atoms with Crippen LogP contribution in [0, 0.1) is 18.8 Å². The smallest absolute Gasteiger partial charge is 0.263 e. The molecule has 4 nitrogen and oxygen atoms in total. The summed E-state index contributed by atoms with van der Waals surface area (Å²) in [5, 5.41) is 2.99. The largest absolute Gasteiger partial charge is 0.351 e. The summed E-state index contributed by atoms with van der Waals surface area (Å²) in [6.07, 6.45) is 2.36. The van der Waals surface area contributed by atoms with Crippen molar-refractivity contribution in [1.29, 1.82) is 0 Å². The molecule has 2 rings (SSSR count). The molecule has 1 N–H and O–H groups in total. The van der Waals surface area contributed by atoms with Gasteiger partial charge in [0.25, 0.3) is 5.91 Å². The zero-order valence-corrected chi connectivity index (χ0v) is 13.5. The van der Waals surface area contributed by atoms with E-state index >= 15 is 0 Å².